The van der Waals surface area contributed by atoms with Crippen LogP contribution in [0.4, 0.5) is 11.4 Å². The average molecular weight is 650 g/mol. The fourth-order valence-corrected chi connectivity index (χ4v) is 5.84. The minimum absolute atomic E-state index is 0.0237. The highest BCUT2D eigenvalue weighted by molar-refractivity contribution is 7.92. The van der Waals surface area contributed by atoms with Gasteiger partial charge in [-0.3, -0.25) is 24.0 Å². The van der Waals surface area contributed by atoms with E-state index in [1.54, 1.807) is 25.1 Å². The van der Waals surface area contributed by atoms with Gasteiger partial charge in [-0.15, -0.1) is 0 Å². The molecule has 3 rings (SSSR count). The van der Waals surface area contributed by atoms with E-state index in [1.807, 2.05) is 44.2 Å². The second-order valence-corrected chi connectivity index (χ2v) is 13.0. The lowest BCUT2D eigenvalue weighted by Gasteiger charge is -2.34. The highest BCUT2D eigenvalue weighted by Gasteiger charge is 2.34. The van der Waals surface area contributed by atoms with Gasteiger partial charge in [0.2, 0.25) is 21.8 Å². The fraction of sp³-hybridized carbons (Fsp3) is 0.333. The van der Waals surface area contributed by atoms with Crippen molar-refractivity contribution in [3.8, 4) is 0 Å². The van der Waals surface area contributed by atoms with Crippen LogP contribution >= 0.6 is 23.2 Å². The third-order valence-corrected chi connectivity index (χ3v) is 8.85. The molecule has 230 valence electrons. The number of non-ortho nitro benzene ring substituents is 1. The quantitative estimate of drug-likeness (QED) is 0.192. The number of nitrogens with zero attached hydrogens (tertiary/aromatic N) is 3. The van der Waals surface area contributed by atoms with Gasteiger partial charge in [0.25, 0.3) is 5.69 Å². The molecule has 2 atom stereocenters. The number of sulfonamides is 1. The van der Waals surface area contributed by atoms with Crippen LogP contribution in [0.1, 0.15) is 37.0 Å². The maximum atomic E-state index is 14.2. The molecular formula is C30H34Cl2N4O6S. The zero-order valence-electron chi connectivity index (χ0n) is 24.3. The first-order chi connectivity index (χ1) is 20.2. The molecule has 2 amide bonds. The Kier molecular flexibility index (Phi) is 11.5. The van der Waals surface area contributed by atoms with Crippen LogP contribution in [0.2, 0.25) is 10.0 Å². The number of rotatable bonds is 13. The molecule has 3 aromatic carbocycles. The summed E-state index contributed by atoms with van der Waals surface area (Å²) < 4.78 is 26.9. The fourth-order valence-electron chi connectivity index (χ4n) is 4.42. The maximum absolute atomic E-state index is 14.2. The highest BCUT2D eigenvalue weighted by atomic mass is 35.5. The molecule has 3 aromatic rings. The van der Waals surface area contributed by atoms with E-state index < -0.39 is 39.3 Å². The van der Waals surface area contributed by atoms with Crippen molar-refractivity contribution < 1.29 is 22.9 Å². The van der Waals surface area contributed by atoms with Crippen LogP contribution in [0.3, 0.4) is 0 Å². The molecule has 0 aliphatic rings. The van der Waals surface area contributed by atoms with Crippen molar-refractivity contribution in [3.05, 3.63) is 104 Å². The minimum Gasteiger partial charge on any atom is -0.352 e. The number of aryl methyl sites for hydroxylation is 1. The number of hydrogen-bond acceptors (Lipinski definition) is 6. The van der Waals surface area contributed by atoms with Crippen molar-refractivity contribution in [3.63, 3.8) is 0 Å². The summed E-state index contributed by atoms with van der Waals surface area (Å²) >= 11 is 13.0. The Hall–Kier alpha value is -3.67. The van der Waals surface area contributed by atoms with Gasteiger partial charge < -0.3 is 10.2 Å². The molecule has 0 radical (unpaired) electrons. The molecule has 10 nitrogen and oxygen atoms in total. The smallest absolute Gasteiger partial charge is 0.271 e. The number of nitro groups is 1. The molecule has 1 N–H and O–H groups in total. The van der Waals surface area contributed by atoms with Crippen LogP contribution in [-0.4, -0.2) is 54.9 Å². The molecule has 0 bridgehead atoms. The van der Waals surface area contributed by atoms with Crippen LogP contribution in [0.15, 0.2) is 66.7 Å². The predicted octanol–water partition coefficient (Wildman–Crippen LogP) is 5.53. The average Bonchev–Trinajstić information content (AvgIpc) is 2.95. The van der Waals surface area contributed by atoms with E-state index >= 15 is 0 Å². The van der Waals surface area contributed by atoms with Gasteiger partial charge in [-0.1, -0.05) is 72.6 Å². The Balaban J connectivity index is 2.16. The molecule has 0 heterocycles. The molecule has 0 aliphatic carbocycles. The van der Waals surface area contributed by atoms with Gasteiger partial charge in [0.05, 0.1) is 16.9 Å². The first-order valence-corrected chi connectivity index (χ1v) is 16.1. The third kappa shape index (κ3) is 8.92. The van der Waals surface area contributed by atoms with E-state index in [0.29, 0.717) is 17.5 Å². The molecule has 0 aromatic heterocycles. The van der Waals surface area contributed by atoms with Crippen LogP contribution in [0.5, 0.6) is 0 Å². The van der Waals surface area contributed by atoms with E-state index in [-0.39, 0.29) is 40.4 Å². The first-order valence-electron chi connectivity index (χ1n) is 13.5. The summed E-state index contributed by atoms with van der Waals surface area (Å²) in [6, 6.07) is 16.4. The Labute approximate surface area is 261 Å². The minimum atomic E-state index is -4.12. The summed E-state index contributed by atoms with van der Waals surface area (Å²) in [6.07, 6.45) is 1.67. The van der Waals surface area contributed by atoms with Gasteiger partial charge in [0, 0.05) is 46.7 Å². The van der Waals surface area contributed by atoms with Crippen LogP contribution in [0, 0.1) is 17.0 Å². The molecule has 0 saturated heterocycles. The molecule has 0 spiro atoms. The van der Waals surface area contributed by atoms with Gasteiger partial charge in [-0.25, -0.2) is 8.42 Å². The molecule has 0 fully saturated rings. The van der Waals surface area contributed by atoms with Gasteiger partial charge in [0.1, 0.15) is 12.6 Å². The van der Waals surface area contributed by atoms with E-state index in [4.69, 9.17) is 23.2 Å². The van der Waals surface area contributed by atoms with Crippen molar-refractivity contribution in [2.45, 2.75) is 52.2 Å². The lowest BCUT2D eigenvalue weighted by Crippen LogP contribution is -2.54. The highest BCUT2D eigenvalue weighted by Crippen LogP contribution is 2.30. The Bertz CT molecular complexity index is 1570. The lowest BCUT2D eigenvalue weighted by molar-refractivity contribution is -0.384. The van der Waals surface area contributed by atoms with Gasteiger partial charge >= 0.3 is 0 Å². The predicted molar refractivity (Wildman–Crippen MR) is 169 cm³/mol. The summed E-state index contributed by atoms with van der Waals surface area (Å²) in [4.78, 5) is 40.1. The number of hydrogen-bond donors (Lipinski definition) is 1. The van der Waals surface area contributed by atoms with E-state index in [9.17, 15) is 28.1 Å². The number of carbonyl (C=O) groups excluding carboxylic acids is 2. The van der Waals surface area contributed by atoms with Crippen molar-refractivity contribution in [2.24, 2.45) is 0 Å². The topological polar surface area (TPSA) is 130 Å². The van der Waals surface area contributed by atoms with E-state index in [0.717, 1.165) is 22.2 Å². The maximum Gasteiger partial charge on any atom is 0.271 e. The number of benzene rings is 3. The Morgan fingerprint density at radius 1 is 1.02 bits per heavy atom. The third-order valence-electron chi connectivity index (χ3n) is 7.01. The van der Waals surface area contributed by atoms with Gasteiger partial charge in [0.15, 0.2) is 0 Å². The largest absolute Gasteiger partial charge is 0.352 e. The number of anilines is 1. The molecule has 43 heavy (non-hydrogen) atoms. The Morgan fingerprint density at radius 2 is 1.65 bits per heavy atom. The second-order valence-electron chi connectivity index (χ2n) is 10.2. The SMILES string of the molecule is CC[C@H](C)NC(=O)[C@@H](Cc1ccccc1)N(Cc1c(Cl)cccc1Cl)C(=O)CN(c1cc([N+](=O)[O-])ccc1C)S(C)(=O)=O. The lowest BCUT2D eigenvalue weighted by atomic mass is 10.0. The number of amides is 2. The van der Waals surface area contributed by atoms with Crippen molar-refractivity contribution >= 4 is 56.4 Å². The van der Waals surface area contributed by atoms with Crippen molar-refractivity contribution in [1.82, 2.24) is 10.2 Å². The van der Waals surface area contributed by atoms with Gasteiger partial charge in [-0.05, 0) is 43.5 Å². The number of nitro benzene ring substituents is 1. The first kappa shape index (κ1) is 33.8. The van der Waals surface area contributed by atoms with Crippen LogP contribution in [-0.2, 0) is 32.6 Å². The van der Waals surface area contributed by atoms with E-state index in [2.05, 4.69) is 5.32 Å². The standard InChI is InChI=1S/C30H34Cl2N4O6S/c1-5-21(3)33-30(38)28(16-22-10-7-6-8-11-22)34(18-24-25(31)12-9-13-26(24)32)29(37)19-35(43(4,41)42)27-17-23(36(39)40)15-14-20(27)2/h6-15,17,21,28H,5,16,18-19H2,1-4H3,(H,33,38)/t21-,28+/m0/s1. The van der Waals surface area contributed by atoms with Crippen LogP contribution < -0.4 is 9.62 Å². The molecule has 0 aliphatic heterocycles. The number of nitrogens with one attached hydrogen (secondary N) is 1. The Morgan fingerprint density at radius 3 is 2.21 bits per heavy atom. The summed E-state index contributed by atoms with van der Waals surface area (Å²) in [7, 11) is -4.12. The summed E-state index contributed by atoms with van der Waals surface area (Å²) in [5.74, 6) is -1.17. The van der Waals surface area contributed by atoms with Crippen LogP contribution in [0.25, 0.3) is 0 Å². The van der Waals surface area contributed by atoms with Crippen molar-refractivity contribution in [1.29, 1.82) is 0 Å². The van der Waals surface area contributed by atoms with Crippen molar-refractivity contribution in [2.75, 3.05) is 17.1 Å². The zero-order chi connectivity index (χ0) is 31.9. The molecule has 0 unspecified atom stereocenters. The van der Waals surface area contributed by atoms with E-state index in [1.165, 1.54) is 17.0 Å². The summed E-state index contributed by atoms with van der Waals surface area (Å²) in [5.41, 5.74) is 1.19. The normalized spacial score (nSPS) is 12.7. The molecular weight excluding hydrogens is 615 g/mol. The number of halogens is 2. The second kappa shape index (κ2) is 14.7. The van der Waals surface area contributed by atoms with Gasteiger partial charge in [-0.2, -0.15) is 0 Å². The summed E-state index contributed by atoms with van der Waals surface area (Å²) in [5, 5.41) is 14.9. The molecule has 0 saturated carbocycles. The monoisotopic (exact) mass is 648 g/mol. The number of carbonyl (C=O) groups is 2. The molecule has 13 heteroatoms. The zero-order valence-corrected chi connectivity index (χ0v) is 26.6. The summed E-state index contributed by atoms with van der Waals surface area (Å²) in [6.45, 7) is 4.40.